The van der Waals surface area contributed by atoms with Gasteiger partial charge < -0.3 is 15.0 Å². The zero-order chi connectivity index (χ0) is 12.4. The lowest BCUT2D eigenvalue weighted by molar-refractivity contribution is 0.448. The number of halogens is 1. The summed E-state index contributed by atoms with van der Waals surface area (Å²) in [6.07, 6.45) is 3.04. The summed E-state index contributed by atoms with van der Waals surface area (Å²) in [6, 6.07) is 5.25. The lowest BCUT2D eigenvalue weighted by atomic mass is 10.3. The quantitative estimate of drug-likeness (QED) is 0.859. The Morgan fingerprint density at radius 1 is 1.47 bits per heavy atom. The molecule has 1 aromatic carbocycles. The molecular formula is C11H10BrN3O2. The molecule has 1 heterocycles. The third kappa shape index (κ3) is 2.31. The number of nitrogens with two attached hydrogens (primary N) is 1. The van der Waals surface area contributed by atoms with Gasteiger partial charge in [0, 0.05) is 19.4 Å². The highest BCUT2D eigenvalue weighted by Gasteiger charge is 2.10. The number of benzene rings is 1. The molecule has 0 fully saturated rings. The first kappa shape index (κ1) is 11.7. The Labute approximate surface area is 106 Å². The molecule has 17 heavy (non-hydrogen) atoms. The molecule has 88 valence electrons. The van der Waals surface area contributed by atoms with Crippen molar-refractivity contribution in [3.8, 4) is 11.6 Å². The Hall–Kier alpha value is -1.82. The Morgan fingerprint density at radius 3 is 2.94 bits per heavy atom. The van der Waals surface area contributed by atoms with Crippen LogP contribution in [0.15, 0.2) is 39.9 Å². The van der Waals surface area contributed by atoms with Crippen LogP contribution in [0.25, 0.3) is 0 Å². The molecule has 2 aromatic rings. The first-order valence-corrected chi connectivity index (χ1v) is 5.62. The summed E-state index contributed by atoms with van der Waals surface area (Å²) in [5.74, 6) is 0.386. The summed E-state index contributed by atoms with van der Waals surface area (Å²) < 4.78 is 7.49. The minimum absolute atomic E-state index is 0.00593. The van der Waals surface area contributed by atoms with Crippen molar-refractivity contribution in [2.45, 2.75) is 0 Å². The van der Waals surface area contributed by atoms with Gasteiger partial charge in [0.2, 0.25) is 0 Å². The van der Waals surface area contributed by atoms with Gasteiger partial charge in [-0.05, 0) is 28.1 Å². The molecular weight excluding hydrogens is 286 g/mol. The second kappa shape index (κ2) is 4.58. The summed E-state index contributed by atoms with van der Waals surface area (Å²) in [7, 11) is 1.63. The molecule has 0 unspecified atom stereocenters. The van der Waals surface area contributed by atoms with E-state index in [4.69, 9.17) is 10.5 Å². The molecule has 0 bridgehead atoms. The summed E-state index contributed by atoms with van der Waals surface area (Å²) in [6.45, 7) is 0. The standard InChI is InChI=1S/C11H10BrN3O2/c1-15-6-5-14-10(11(15)16)17-9-7(12)3-2-4-8(9)13/h2-6H,13H2,1H3. The van der Waals surface area contributed by atoms with Crippen LogP contribution in [-0.2, 0) is 7.05 Å². The van der Waals surface area contributed by atoms with Gasteiger partial charge in [-0.15, -0.1) is 0 Å². The maximum absolute atomic E-state index is 11.7. The highest BCUT2D eigenvalue weighted by molar-refractivity contribution is 9.10. The van der Waals surface area contributed by atoms with E-state index in [1.165, 1.54) is 10.8 Å². The monoisotopic (exact) mass is 295 g/mol. The molecule has 2 rings (SSSR count). The molecule has 6 heteroatoms. The summed E-state index contributed by atoms with van der Waals surface area (Å²) in [4.78, 5) is 15.6. The third-order valence-corrected chi connectivity index (χ3v) is 2.81. The average Bonchev–Trinajstić information content (AvgIpc) is 2.29. The number of ether oxygens (including phenoxy) is 1. The summed E-state index contributed by atoms with van der Waals surface area (Å²) in [5, 5.41) is 0. The summed E-state index contributed by atoms with van der Waals surface area (Å²) in [5.41, 5.74) is 5.89. The third-order valence-electron chi connectivity index (χ3n) is 2.18. The van der Waals surface area contributed by atoms with E-state index in [9.17, 15) is 4.79 Å². The molecule has 0 spiro atoms. The number of anilines is 1. The zero-order valence-corrected chi connectivity index (χ0v) is 10.6. The molecule has 5 nitrogen and oxygen atoms in total. The van der Waals surface area contributed by atoms with E-state index in [-0.39, 0.29) is 11.4 Å². The number of para-hydroxylation sites is 1. The van der Waals surface area contributed by atoms with Gasteiger partial charge in [-0.25, -0.2) is 4.98 Å². The smallest absolute Gasteiger partial charge is 0.313 e. The maximum atomic E-state index is 11.7. The molecule has 0 atom stereocenters. The van der Waals surface area contributed by atoms with Gasteiger partial charge >= 0.3 is 5.56 Å². The Morgan fingerprint density at radius 2 is 2.24 bits per heavy atom. The predicted molar refractivity (Wildman–Crippen MR) is 68.1 cm³/mol. The van der Waals surface area contributed by atoms with Gasteiger partial charge in [-0.3, -0.25) is 4.79 Å². The average molecular weight is 296 g/mol. The molecule has 0 saturated carbocycles. The van der Waals surface area contributed by atoms with Crippen molar-refractivity contribution in [3.05, 3.63) is 45.4 Å². The fourth-order valence-electron chi connectivity index (χ4n) is 1.27. The minimum atomic E-state index is -0.317. The highest BCUT2D eigenvalue weighted by atomic mass is 79.9. The van der Waals surface area contributed by atoms with E-state index in [0.29, 0.717) is 15.9 Å². The number of nitrogen functional groups attached to an aromatic ring is 1. The van der Waals surface area contributed by atoms with Crippen LogP contribution in [0.2, 0.25) is 0 Å². The van der Waals surface area contributed by atoms with E-state index < -0.39 is 0 Å². The lowest BCUT2D eigenvalue weighted by Gasteiger charge is -2.09. The topological polar surface area (TPSA) is 70.1 Å². The van der Waals surface area contributed by atoms with Crippen LogP contribution >= 0.6 is 15.9 Å². The van der Waals surface area contributed by atoms with Crippen molar-refractivity contribution < 1.29 is 4.74 Å². The molecule has 2 N–H and O–H groups in total. The van der Waals surface area contributed by atoms with Crippen LogP contribution < -0.4 is 16.0 Å². The molecule has 0 aliphatic rings. The van der Waals surface area contributed by atoms with Crippen LogP contribution in [0, 0.1) is 0 Å². The predicted octanol–water partition coefficient (Wildman–Crippen LogP) is 1.92. The Bertz CT molecular complexity index is 590. The molecule has 1 aromatic heterocycles. The Balaban J connectivity index is 2.45. The minimum Gasteiger partial charge on any atom is -0.431 e. The van der Waals surface area contributed by atoms with Gasteiger partial charge in [0.05, 0.1) is 10.2 Å². The van der Waals surface area contributed by atoms with Crippen LogP contribution in [0.3, 0.4) is 0 Å². The first-order valence-electron chi connectivity index (χ1n) is 4.83. The van der Waals surface area contributed by atoms with E-state index in [2.05, 4.69) is 20.9 Å². The van der Waals surface area contributed by atoms with E-state index >= 15 is 0 Å². The zero-order valence-electron chi connectivity index (χ0n) is 9.05. The van der Waals surface area contributed by atoms with Crippen molar-refractivity contribution in [1.82, 2.24) is 9.55 Å². The SMILES string of the molecule is Cn1ccnc(Oc2c(N)cccc2Br)c1=O. The molecule has 0 amide bonds. The van der Waals surface area contributed by atoms with E-state index in [1.54, 1.807) is 31.4 Å². The first-order chi connectivity index (χ1) is 8.09. The normalized spacial score (nSPS) is 10.2. The Kier molecular flexibility index (Phi) is 3.14. The number of hydrogen-bond donors (Lipinski definition) is 1. The number of rotatable bonds is 2. The number of aryl methyl sites for hydroxylation is 1. The van der Waals surface area contributed by atoms with Crippen molar-refractivity contribution in [2.75, 3.05) is 5.73 Å². The number of nitrogens with zero attached hydrogens (tertiary/aromatic N) is 2. The fraction of sp³-hybridized carbons (Fsp3) is 0.0909. The van der Waals surface area contributed by atoms with Crippen LogP contribution in [0.4, 0.5) is 5.69 Å². The maximum Gasteiger partial charge on any atom is 0.313 e. The largest absolute Gasteiger partial charge is 0.431 e. The molecule has 0 saturated heterocycles. The lowest BCUT2D eigenvalue weighted by Crippen LogP contribution is -2.18. The number of hydrogen-bond acceptors (Lipinski definition) is 4. The van der Waals surface area contributed by atoms with Crippen LogP contribution in [-0.4, -0.2) is 9.55 Å². The van der Waals surface area contributed by atoms with Gasteiger partial charge in [-0.2, -0.15) is 0 Å². The van der Waals surface area contributed by atoms with Gasteiger partial charge in [0.25, 0.3) is 5.88 Å². The van der Waals surface area contributed by atoms with Crippen molar-refractivity contribution in [1.29, 1.82) is 0 Å². The van der Waals surface area contributed by atoms with E-state index in [0.717, 1.165) is 0 Å². The summed E-state index contributed by atoms with van der Waals surface area (Å²) >= 11 is 3.31. The van der Waals surface area contributed by atoms with Crippen molar-refractivity contribution in [2.24, 2.45) is 7.05 Å². The van der Waals surface area contributed by atoms with Gasteiger partial charge in [0.15, 0.2) is 5.75 Å². The van der Waals surface area contributed by atoms with Crippen molar-refractivity contribution >= 4 is 21.6 Å². The highest BCUT2D eigenvalue weighted by Crippen LogP contribution is 2.33. The van der Waals surface area contributed by atoms with E-state index in [1.807, 2.05) is 0 Å². The molecule has 0 aliphatic carbocycles. The second-order valence-corrected chi connectivity index (χ2v) is 4.26. The molecule has 0 radical (unpaired) electrons. The fourth-order valence-corrected chi connectivity index (χ4v) is 1.74. The second-order valence-electron chi connectivity index (χ2n) is 3.41. The van der Waals surface area contributed by atoms with Crippen LogP contribution in [0.1, 0.15) is 0 Å². The number of aromatic nitrogens is 2. The van der Waals surface area contributed by atoms with Gasteiger partial charge in [0.1, 0.15) is 0 Å². The molecule has 0 aliphatic heterocycles. The van der Waals surface area contributed by atoms with Crippen molar-refractivity contribution in [3.63, 3.8) is 0 Å². The van der Waals surface area contributed by atoms with Crippen LogP contribution in [0.5, 0.6) is 11.6 Å². The van der Waals surface area contributed by atoms with Gasteiger partial charge in [-0.1, -0.05) is 6.07 Å².